The van der Waals surface area contributed by atoms with Crippen molar-refractivity contribution in [2.45, 2.75) is 0 Å². The molecule has 11 aromatic rings. The van der Waals surface area contributed by atoms with Gasteiger partial charge in [0.15, 0.2) is 0 Å². The molecule has 0 saturated carbocycles. The molecule has 0 spiro atoms. The van der Waals surface area contributed by atoms with Gasteiger partial charge in [-0.25, -0.2) is 0 Å². The Kier molecular flexibility index (Phi) is 7.10. The molecular formula is C56H35BN2O. The van der Waals surface area contributed by atoms with Crippen LogP contribution in [0.1, 0.15) is 0 Å². The lowest BCUT2D eigenvalue weighted by Crippen LogP contribution is -2.54. The molecule has 0 saturated heterocycles. The normalized spacial score (nSPS) is 12.6. The second-order valence-electron chi connectivity index (χ2n) is 16.0. The lowest BCUT2D eigenvalue weighted by Gasteiger charge is -2.36. The molecule has 0 atom stereocenters. The molecular weight excluding hydrogens is 727 g/mol. The second-order valence-corrected chi connectivity index (χ2v) is 16.0. The van der Waals surface area contributed by atoms with Crippen molar-refractivity contribution >= 4 is 101 Å². The summed E-state index contributed by atoms with van der Waals surface area (Å²) in [5.74, 6) is 0. The second kappa shape index (κ2) is 12.8. The highest BCUT2D eigenvalue weighted by molar-refractivity contribution is 7.01. The molecule has 0 aliphatic carbocycles. The number of nitrogens with zero attached hydrogens (tertiary/aromatic N) is 2. The quantitative estimate of drug-likeness (QED) is 0.163. The third-order valence-corrected chi connectivity index (χ3v) is 12.8. The number of anilines is 6. The minimum atomic E-state index is 0.0441. The van der Waals surface area contributed by atoms with Crippen LogP contribution < -0.4 is 26.2 Å². The summed E-state index contributed by atoms with van der Waals surface area (Å²) in [6, 6.07) is 77.6. The van der Waals surface area contributed by atoms with E-state index in [0.717, 1.165) is 44.7 Å². The molecule has 0 unspecified atom stereocenters. The van der Waals surface area contributed by atoms with E-state index in [0.29, 0.717) is 0 Å². The molecule has 0 amide bonds. The van der Waals surface area contributed by atoms with Gasteiger partial charge in [0.05, 0.1) is 11.4 Å². The Labute approximate surface area is 348 Å². The Balaban J connectivity index is 1.10. The topological polar surface area (TPSA) is 19.6 Å². The average Bonchev–Trinajstić information content (AvgIpc) is 3.86. The molecule has 2 aliphatic rings. The van der Waals surface area contributed by atoms with E-state index in [9.17, 15) is 0 Å². The SMILES string of the molecule is c1ccc(N2c3ccccc3B3c4cc(N(c5cccc6ccccc56)c5cccc6ccccc56)ccc4-c4cc(-c5cccc6oc7ccccc7c56)cc2c43)cc1. The van der Waals surface area contributed by atoms with Crippen LogP contribution in [0.3, 0.4) is 0 Å². The van der Waals surface area contributed by atoms with Gasteiger partial charge in [-0.3, -0.25) is 0 Å². The first kappa shape index (κ1) is 33.2. The van der Waals surface area contributed by atoms with Gasteiger partial charge in [-0.15, -0.1) is 0 Å². The van der Waals surface area contributed by atoms with E-state index in [1.165, 1.54) is 71.6 Å². The van der Waals surface area contributed by atoms with E-state index >= 15 is 0 Å². The standard InChI is InChI=1S/C56H35BN2O/c1-2-19-39(20-3-1)58-51-26-10-9-25-47(51)57-48-35-40(59(49-27-12-17-36-15-4-6-21-41(36)49)50-28-13-18-37-16-5-7-22-42(37)50)31-32-44(48)46-33-38(34-52(58)56(46)57)43-24-14-30-54-55(43)45-23-8-11-29-53(45)60-54/h1-35H. The zero-order valence-corrected chi connectivity index (χ0v) is 32.6. The molecule has 10 aromatic carbocycles. The van der Waals surface area contributed by atoms with Crippen LogP contribution in [-0.2, 0) is 0 Å². The Morgan fingerprint density at radius 2 is 1.05 bits per heavy atom. The molecule has 0 N–H and O–H groups in total. The van der Waals surface area contributed by atoms with Crippen molar-refractivity contribution in [3.8, 4) is 22.3 Å². The van der Waals surface area contributed by atoms with Gasteiger partial charge in [0.25, 0.3) is 0 Å². The van der Waals surface area contributed by atoms with E-state index in [-0.39, 0.29) is 6.71 Å². The zero-order chi connectivity index (χ0) is 39.3. The highest BCUT2D eigenvalue weighted by atomic mass is 16.3. The van der Waals surface area contributed by atoms with Crippen LogP contribution in [0.25, 0.3) is 65.7 Å². The summed E-state index contributed by atoms with van der Waals surface area (Å²) in [5, 5.41) is 7.14. The summed E-state index contributed by atoms with van der Waals surface area (Å²) < 4.78 is 6.43. The highest BCUT2D eigenvalue weighted by Crippen LogP contribution is 2.47. The third kappa shape index (κ3) is 4.79. The predicted octanol–water partition coefficient (Wildman–Crippen LogP) is 13.3. The van der Waals surface area contributed by atoms with Crippen molar-refractivity contribution in [3.63, 3.8) is 0 Å². The summed E-state index contributed by atoms with van der Waals surface area (Å²) in [7, 11) is 0. The van der Waals surface area contributed by atoms with Crippen LogP contribution in [0, 0.1) is 0 Å². The largest absolute Gasteiger partial charge is 0.456 e. The zero-order valence-electron chi connectivity index (χ0n) is 32.6. The van der Waals surface area contributed by atoms with Gasteiger partial charge in [-0.2, -0.15) is 0 Å². The Morgan fingerprint density at radius 1 is 0.417 bits per heavy atom. The van der Waals surface area contributed by atoms with Gasteiger partial charge in [0.2, 0.25) is 6.71 Å². The fourth-order valence-electron chi connectivity index (χ4n) is 10.3. The van der Waals surface area contributed by atoms with Crippen molar-refractivity contribution < 1.29 is 4.42 Å². The first-order valence-corrected chi connectivity index (χ1v) is 20.7. The molecule has 1 aromatic heterocycles. The van der Waals surface area contributed by atoms with Crippen molar-refractivity contribution in [1.82, 2.24) is 0 Å². The van der Waals surface area contributed by atoms with Crippen molar-refractivity contribution in [1.29, 1.82) is 0 Å². The Hall–Kier alpha value is -7.82. The van der Waals surface area contributed by atoms with Crippen molar-refractivity contribution in [3.05, 3.63) is 212 Å². The maximum atomic E-state index is 6.43. The summed E-state index contributed by atoms with van der Waals surface area (Å²) in [6.45, 7) is 0.0441. The fourth-order valence-corrected chi connectivity index (χ4v) is 10.3. The molecule has 60 heavy (non-hydrogen) atoms. The lowest BCUT2D eigenvalue weighted by atomic mass is 9.37. The van der Waals surface area contributed by atoms with E-state index in [1.807, 2.05) is 6.07 Å². The van der Waals surface area contributed by atoms with Crippen LogP contribution in [0.15, 0.2) is 217 Å². The summed E-state index contributed by atoms with van der Waals surface area (Å²) >= 11 is 0. The van der Waals surface area contributed by atoms with Crippen LogP contribution >= 0.6 is 0 Å². The Bertz CT molecular complexity index is 3440. The van der Waals surface area contributed by atoms with Gasteiger partial charge >= 0.3 is 0 Å². The first-order chi connectivity index (χ1) is 29.8. The van der Waals surface area contributed by atoms with Gasteiger partial charge in [-0.05, 0) is 111 Å². The molecule has 278 valence electrons. The number of para-hydroxylation sites is 3. The molecule has 4 heteroatoms. The number of hydrogen-bond acceptors (Lipinski definition) is 3. The smallest absolute Gasteiger partial charge is 0.248 e. The van der Waals surface area contributed by atoms with Crippen LogP contribution in [0.2, 0.25) is 0 Å². The molecule has 3 heterocycles. The van der Waals surface area contributed by atoms with E-state index < -0.39 is 0 Å². The van der Waals surface area contributed by atoms with Crippen LogP contribution in [-0.4, -0.2) is 6.71 Å². The number of benzene rings is 10. The number of furan rings is 1. The van der Waals surface area contributed by atoms with E-state index in [1.54, 1.807) is 0 Å². The average molecular weight is 763 g/mol. The van der Waals surface area contributed by atoms with Crippen LogP contribution in [0.5, 0.6) is 0 Å². The molecule has 2 aliphatic heterocycles. The number of rotatable bonds is 5. The summed E-state index contributed by atoms with van der Waals surface area (Å²) in [6.07, 6.45) is 0. The highest BCUT2D eigenvalue weighted by Gasteiger charge is 2.43. The molecule has 13 rings (SSSR count). The summed E-state index contributed by atoms with van der Waals surface area (Å²) in [4.78, 5) is 4.96. The molecule has 3 nitrogen and oxygen atoms in total. The van der Waals surface area contributed by atoms with Crippen molar-refractivity contribution in [2.75, 3.05) is 9.80 Å². The molecule has 0 bridgehead atoms. The van der Waals surface area contributed by atoms with Gasteiger partial charge in [0, 0.05) is 44.3 Å². The fraction of sp³-hybridized carbons (Fsp3) is 0. The van der Waals surface area contributed by atoms with Gasteiger partial charge < -0.3 is 14.2 Å². The third-order valence-electron chi connectivity index (χ3n) is 12.8. The minimum absolute atomic E-state index is 0.0441. The van der Waals surface area contributed by atoms with Crippen molar-refractivity contribution in [2.24, 2.45) is 0 Å². The summed E-state index contributed by atoms with van der Waals surface area (Å²) in [5.41, 5.74) is 17.7. The van der Waals surface area contributed by atoms with Gasteiger partial charge in [0.1, 0.15) is 11.2 Å². The Morgan fingerprint density at radius 3 is 1.83 bits per heavy atom. The lowest BCUT2D eigenvalue weighted by molar-refractivity contribution is 0.669. The number of hydrogen-bond donors (Lipinski definition) is 0. The first-order valence-electron chi connectivity index (χ1n) is 20.7. The van der Waals surface area contributed by atoms with Crippen LogP contribution in [0.4, 0.5) is 34.1 Å². The predicted molar refractivity (Wildman–Crippen MR) is 254 cm³/mol. The maximum Gasteiger partial charge on any atom is 0.248 e. The number of fused-ring (bicyclic) bond motifs is 10. The monoisotopic (exact) mass is 762 g/mol. The maximum absolute atomic E-state index is 6.43. The van der Waals surface area contributed by atoms with E-state index in [2.05, 4.69) is 216 Å². The minimum Gasteiger partial charge on any atom is -0.456 e. The van der Waals surface area contributed by atoms with Gasteiger partial charge in [-0.1, -0.05) is 151 Å². The molecule has 0 fully saturated rings. The molecule has 0 radical (unpaired) electrons. The van der Waals surface area contributed by atoms with E-state index in [4.69, 9.17) is 4.42 Å².